The Labute approximate surface area is 115 Å². The SMILES string of the molecule is ClC1CCCC1CNCCCOc1ccccc1. The number of nitrogens with one attached hydrogen (secondary N) is 1. The van der Waals surface area contributed by atoms with E-state index in [9.17, 15) is 0 Å². The number of hydrogen-bond donors (Lipinski definition) is 1. The quantitative estimate of drug-likeness (QED) is 0.604. The lowest BCUT2D eigenvalue weighted by Gasteiger charge is -2.14. The number of alkyl halides is 1. The monoisotopic (exact) mass is 267 g/mol. The van der Waals surface area contributed by atoms with Crippen molar-refractivity contribution >= 4 is 11.6 Å². The maximum atomic E-state index is 6.23. The minimum Gasteiger partial charge on any atom is -0.494 e. The van der Waals surface area contributed by atoms with E-state index in [0.29, 0.717) is 11.3 Å². The first kappa shape index (κ1) is 13.7. The van der Waals surface area contributed by atoms with Crippen LogP contribution in [0.2, 0.25) is 0 Å². The molecule has 0 spiro atoms. The van der Waals surface area contributed by atoms with Crippen molar-refractivity contribution in [3.05, 3.63) is 30.3 Å². The molecular formula is C15H22ClNO. The van der Waals surface area contributed by atoms with Crippen molar-refractivity contribution in [3.8, 4) is 5.75 Å². The van der Waals surface area contributed by atoms with Gasteiger partial charge in [0.25, 0.3) is 0 Å². The first-order valence-corrected chi connectivity index (χ1v) is 7.32. The largest absolute Gasteiger partial charge is 0.494 e. The van der Waals surface area contributed by atoms with Crippen LogP contribution in [-0.2, 0) is 0 Å². The summed E-state index contributed by atoms with van der Waals surface area (Å²) in [6.07, 6.45) is 4.79. The van der Waals surface area contributed by atoms with Gasteiger partial charge in [0, 0.05) is 5.38 Å². The molecule has 0 saturated heterocycles. The van der Waals surface area contributed by atoms with Gasteiger partial charge >= 0.3 is 0 Å². The van der Waals surface area contributed by atoms with E-state index in [-0.39, 0.29) is 0 Å². The molecule has 2 unspecified atom stereocenters. The van der Waals surface area contributed by atoms with Crippen LogP contribution in [0, 0.1) is 5.92 Å². The van der Waals surface area contributed by atoms with E-state index in [1.54, 1.807) is 0 Å². The number of halogens is 1. The van der Waals surface area contributed by atoms with Crippen molar-refractivity contribution in [1.29, 1.82) is 0 Å². The number of benzene rings is 1. The summed E-state index contributed by atoms with van der Waals surface area (Å²) in [5.41, 5.74) is 0. The molecule has 1 aromatic carbocycles. The lowest BCUT2D eigenvalue weighted by molar-refractivity contribution is 0.306. The molecule has 1 aliphatic carbocycles. The summed E-state index contributed by atoms with van der Waals surface area (Å²) < 4.78 is 5.63. The van der Waals surface area contributed by atoms with E-state index in [1.165, 1.54) is 19.3 Å². The van der Waals surface area contributed by atoms with Gasteiger partial charge in [0.1, 0.15) is 5.75 Å². The lowest BCUT2D eigenvalue weighted by atomic mass is 10.1. The Kier molecular flexibility index (Phi) is 5.82. The van der Waals surface area contributed by atoms with Crippen LogP contribution in [-0.4, -0.2) is 25.1 Å². The summed E-state index contributed by atoms with van der Waals surface area (Å²) in [7, 11) is 0. The molecule has 0 aromatic heterocycles. The maximum absolute atomic E-state index is 6.23. The molecule has 0 bridgehead atoms. The molecule has 0 radical (unpaired) electrons. The van der Waals surface area contributed by atoms with Gasteiger partial charge < -0.3 is 10.1 Å². The fourth-order valence-corrected chi connectivity index (χ4v) is 2.78. The van der Waals surface area contributed by atoms with Crippen LogP contribution >= 0.6 is 11.6 Å². The summed E-state index contributed by atoms with van der Waals surface area (Å²) in [5, 5.41) is 3.87. The van der Waals surface area contributed by atoms with Crippen LogP contribution in [0.5, 0.6) is 5.75 Å². The van der Waals surface area contributed by atoms with Crippen LogP contribution in [0.1, 0.15) is 25.7 Å². The van der Waals surface area contributed by atoms with Gasteiger partial charge in [-0.1, -0.05) is 24.6 Å². The van der Waals surface area contributed by atoms with Gasteiger partial charge in [-0.15, -0.1) is 11.6 Å². The highest BCUT2D eigenvalue weighted by molar-refractivity contribution is 6.20. The van der Waals surface area contributed by atoms with Gasteiger partial charge in [-0.05, 0) is 50.4 Å². The average Bonchev–Trinajstić information content (AvgIpc) is 2.81. The zero-order valence-electron chi connectivity index (χ0n) is 10.8. The normalized spacial score (nSPS) is 23.2. The molecule has 2 nitrogen and oxygen atoms in total. The summed E-state index contributed by atoms with van der Waals surface area (Å²) in [5.74, 6) is 1.62. The van der Waals surface area contributed by atoms with Gasteiger partial charge in [0.05, 0.1) is 6.61 Å². The van der Waals surface area contributed by atoms with E-state index >= 15 is 0 Å². The van der Waals surface area contributed by atoms with Gasteiger partial charge in [-0.25, -0.2) is 0 Å². The van der Waals surface area contributed by atoms with Crippen LogP contribution < -0.4 is 10.1 Å². The van der Waals surface area contributed by atoms with E-state index in [4.69, 9.17) is 16.3 Å². The molecule has 100 valence electrons. The summed E-state index contributed by atoms with van der Waals surface area (Å²) in [4.78, 5) is 0. The second-order valence-electron chi connectivity index (χ2n) is 4.93. The highest BCUT2D eigenvalue weighted by Gasteiger charge is 2.24. The molecule has 1 fully saturated rings. The van der Waals surface area contributed by atoms with Gasteiger partial charge in [0.15, 0.2) is 0 Å². The molecule has 18 heavy (non-hydrogen) atoms. The summed E-state index contributed by atoms with van der Waals surface area (Å²) in [6, 6.07) is 9.97. The number of hydrogen-bond acceptors (Lipinski definition) is 2. The number of rotatable bonds is 7. The van der Waals surface area contributed by atoms with E-state index < -0.39 is 0 Å². The van der Waals surface area contributed by atoms with Crippen molar-refractivity contribution in [3.63, 3.8) is 0 Å². The minimum atomic E-state index is 0.387. The standard InChI is InChI=1S/C15H22ClNO/c16-15-9-4-6-13(15)12-17-10-5-11-18-14-7-2-1-3-8-14/h1-3,7-8,13,15,17H,4-6,9-12H2. The lowest BCUT2D eigenvalue weighted by Crippen LogP contribution is -2.27. The van der Waals surface area contributed by atoms with Crippen LogP contribution in [0.25, 0.3) is 0 Å². The second kappa shape index (κ2) is 7.65. The number of para-hydroxylation sites is 1. The smallest absolute Gasteiger partial charge is 0.119 e. The Hall–Kier alpha value is -0.730. The van der Waals surface area contributed by atoms with E-state index in [0.717, 1.165) is 31.9 Å². The Balaban J connectivity index is 1.49. The molecule has 0 heterocycles. The molecule has 0 aliphatic heterocycles. The Bertz CT molecular complexity index is 331. The van der Waals surface area contributed by atoms with Crippen molar-refractivity contribution in [1.82, 2.24) is 5.32 Å². The maximum Gasteiger partial charge on any atom is 0.119 e. The summed E-state index contributed by atoms with van der Waals surface area (Å²) in [6.45, 7) is 2.83. The zero-order valence-corrected chi connectivity index (χ0v) is 11.5. The van der Waals surface area contributed by atoms with Crippen molar-refractivity contribution in [2.75, 3.05) is 19.7 Å². The highest BCUT2D eigenvalue weighted by Crippen LogP contribution is 2.29. The van der Waals surface area contributed by atoms with Crippen molar-refractivity contribution < 1.29 is 4.74 Å². The Morgan fingerprint density at radius 1 is 1.22 bits per heavy atom. The topological polar surface area (TPSA) is 21.3 Å². The Morgan fingerprint density at radius 3 is 2.78 bits per heavy atom. The first-order chi connectivity index (χ1) is 8.86. The third-order valence-corrected chi connectivity index (χ3v) is 4.06. The molecular weight excluding hydrogens is 246 g/mol. The van der Waals surface area contributed by atoms with Crippen LogP contribution in [0.4, 0.5) is 0 Å². The highest BCUT2D eigenvalue weighted by atomic mass is 35.5. The zero-order chi connectivity index (χ0) is 12.6. The molecule has 1 saturated carbocycles. The average molecular weight is 268 g/mol. The fourth-order valence-electron chi connectivity index (χ4n) is 2.41. The molecule has 0 amide bonds. The van der Waals surface area contributed by atoms with Gasteiger partial charge in [0.2, 0.25) is 0 Å². The van der Waals surface area contributed by atoms with E-state index in [1.807, 2.05) is 30.3 Å². The molecule has 1 aliphatic rings. The van der Waals surface area contributed by atoms with E-state index in [2.05, 4.69) is 5.32 Å². The minimum absolute atomic E-state index is 0.387. The fraction of sp³-hybridized carbons (Fsp3) is 0.600. The Morgan fingerprint density at radius 2 is 2.06 bits per heavy atom. The summed E-state index contributed by atoms with van der Waals surface area (Å²) >= 11 is 6.23. The third kappa shape index (κ3) is 4.51. The predicted octanol–water partition coefficient (Wildman–Crippen LogP) is 3.45. The first-order valence-electron chi connectivity index (χ1n) is 6.89. The van der Waals surface area contributed by atoms with Gasteiger partial charge in [-0.2, -0.15) is 0 Å². The van der Waals surface area contributed by atoms with Crippen LogP contribution in [0.3, 0.4) is 0 Å². The predicted molar refractivity (Wildman–Crippen MR) is 76.4 cm³/mol. The number of ether oxygens (including phenoxy) is 1. The van der Waals surface area contributed by atoms with Crippen molar-refractivity contribution in [2.24, 2.45) is 5.92 Å². The third-order valence-electron chi connectivity index (χ3n) is 3.48. The van der Waals surface area contributed by atoms with Gasteiger partial charge in [-0.3, -0.25) is 0 Å². The molecule has 1 N–H and O–H groups in total. The van der Waals surface area contributed by atoms with Crippen LogP contribution in [0.15, 0.2) is 30.3 Å². The van der Waals surface area contributed by atoms with Crippen molar-refractivity contribution in [2.45, 2.75) is 31.1 Å². The molecule has 1 aromatic rings. The molecule has 2 atom stereocenters. The molecule has 3 heteroatoms. The second-order valence-corrected chi connectivity index (χ2v) is 5.49. The molecule has 2 rings (SSSR count).